The van der Waals surface area contributed by atoms with Crippen LogP contribution in [0.5, 0.6) is 0 Å². The molecule has 0 saturated heterocycles. The van der Waals surface area contributed by atoms with Gasteiger partial charge in [0.05, 0.1) is 0 Å². The molecule has 0 spiro atoms. The van der Waals surface area contributed by atoms with Crippen molar-refractivity contribution in [2.45, 2.75) is 52.4 Å². The second kappa shape index (κ2) is 7.13. The minimum absolute atomic E-state index is 0.912. The highest BCUT2D eigenvalue weighted by molar-refractivity contribution is 5.34. The molecule has 1 aliphatic carbocycles. The number of rotatable bonds is 4. The molecular formula is C22H28. The summed E-state index contributed by atoms with van der Waals surface area (Å²) in [5, 5.41) is 0. The molecule has 0 atom stereocenters. The predicted molar refractivity (Wildman–Crippen MR) is 95.3 cm³/mol. The van der Waals surface area contributed by atoms with E-state index in [0.717, 1.165) is 18.3 Å². The molecule has 0 nitrogen and oxygen atoms in total. The van der Waals surface area contributed by atoms with Crippen molar-refractivity contribution in [1.82, 2.24) is 0 Å². The minimum Gasteiger partial charge on any atom is -0.0625 e. The standard InChI is InChI=1S/C22H28/c1-17-8-10-20(11-9-17)16-22-13-12-21(14-18(22)2)15-19-6-4-3-5-7-19/h3-7,12-14,17,20H,8-11,15-16H2,1-2H3. The summed E-state index contributed by atoms with van der Waals surface area (Å²) in [6.45, 7) is 4.69. The smallest absolute Gasteiger partial charge is 0.00257 e. The highest BCUT2D eigenvalue weighted by atomic mass is 14.2. The van der Waals surface area contributed by atoms with Gasteiger partial charge in [0.1, 0.15) is 0 Å². The second-order valence-corrected chi connectivity index (χ2v) is 7.25. The molecule has 0 N–H and O–H groups in total. The number of benzene rings is 2. The summed E-state index contributed by atoms with van der Waals surface area (Å²) < 4.78 is 0. The van der Waals surface area contributed by atoms with Gasteiger partial charge in [-0.25, -0.2) is 0 Å². The van der Waals surface area contributed by atoms with E-state index in [1.165, 1.54) is 48.8 Å². The molecule has 0 aliphatic heterocycles. The molecule has 22 heavy (non-hydrogen) atoms. The van der Waals surface area contributed by atoms with Gasteiger partial charge in [-0.15, -0.1) is 0 Å². The molecule has 0 heterocycles. The average Bonchev–Trinajstić information content (AvgIpc) is 2.53. The largest absolute Gasteiger partial charge is 0.0625 e. The Kier molecular flexibility index (Phi) is 4.97. The molecule has 0 heteroatoms. The van der Waals surface area contributed by atoms with Crippen LogP contribution in [-0.4, -0.2) is 0 Å². The van der Waals surface area contributed by atoms with Gasteiger partial charge in [-0.3, -0.25) is 0 Å². The molecular weight excluding hydrogens is 264 g/mol. The van der Waals surface area contributed by atoms with E-state index in [2.05, 4.69) is 62.4 Å². The fourth-order valence-corrected chi connectivity index (χ4v) is 3.77. The van der Waals surface area contributed by atoms with E-state index in [4.69, 9.17) is 0 Å². The highest BCUT2D eigenvalue weighted by Gasteiger charge is 2.19. The van der Waals surface area contributed by atoms with Crippen molar-refractivity contribution in [3.63, 3.8) is 0 Å². The SMILES string of the molecule is Cc1cc(Cc2ccccc2)ccc1CC1CCC(C)CC1. The maximum absolute atomic E-state index is 2.40. The molecule has 2 aromatic rings. The van der Waals surface area contributed by atoms with E-state index < -0.39 is 0 Å². The van der Waals surface area contributed by atoms with E-state index >= 15 is 0 Å². The van der Waals surface area contributed by atoms with E-state index in [0.29, 0.717) is 0 Å². The van der Waals surface area contributed by atoms with Gasteiger partial charge in [-0.05, 0) is 66.7 Å². The lowest BCUT2D eigenvalue weighted by atomic mass is 9.79. The van der Waals surface area contributed by atoms with Crippen LogP contribution >= 0.6 is 0 Å². The van der Waals surface area contributed by atoms with Gasteiger partial charge in [0, 0.05) is 0 Å². The third kappa shape index (κ3) is 4.00. The van der Waals surface area contributed by atoms with Crippen LogP contribution < -0.4 is 0 Å². The molecule has 0 bridgehead atoms. The zero-order chi connectivity index (χ0) is 15.4. The second-order valence-electron chi connectivity index (χ2n) is 7.25. The molecule has 0 amide bonds. The Morgan fingerprint density at radius 3 is 2.27 bits per heavy atom. The first-order valence-electron chi connectivity index (χ1n) is 8.83. The van der Waals surface area contributed by atoms with Crippen molar-refractivity contribution in [2.75, 3.05) is 0 Å². The monoisotopic (exact) mass is 292 g/mol. The molecule has 0 aromatic heterocycles. The third-order valence-electron chi connectivity index (χ3n) is 5.30. The average molecular weight is 292 g/mol. The fourth-order valence-electron chi connectivity index (χ4n) is 3.77. The summed E-state index contributed by atoms with van der Waals surface area (Å²) in [6, 6.07) is 17.9. The van der Waals surface area contributed by atoms with Gasteiger partial charge in [0.2, 0.25) is 0 Å². The lowest BCUT2D eigenvalue weighted by Gasteiger charge is -2.26. The van der Waals surface area contributed by atoms with Gasteiger partial charge in [0.15, 0.2) is 0 Å². The Morgan fingerprint density at radius 1 is 0.864 bits per heavy atom. The molecule has 116 valence electrons. The Labute approximate surface area is 135 Å². The van der Waals surface area contributed by atoms with Crippen LogP contribution in [0.1, 0.15) is 54.9 Å². The van der Waals surface area contributed by atoms with Crippen molar-refractivity contribution < 1.29 is 0 Å². The van der Waals surface area contributed by atoms with Crippen LogP contribution in [0.3, 0.4) is 0 Å². The van der Waals surface area contributed by atoms with Gasteiger partial charge in [-0.1, -0.05) is 68.3 Å². The summed E-state index contributed by atoms with van der Waals surface area (Å²) >= 11 is 0. The Morgan fingerprint density at radius 2 is 1.59 bits per heavy atom. The first-order valence-corrected chi connectivity index (χ1v) is 8.83. The molecule has 3 rings (SSSR count). The van der Waals surface area contributed by atoms with E-state index in [9.17, 15) is 0 Å². The highest BCUT2D eigenvalue weighted by Crippen LogP contribution is 2.31. The lowest BCUT2D eigenvalue weighted by Crippen LogP contribution is -2.14. The minimum atomic E-state index is 0.912. The molecule has 0 unspecified atom stereocenters. The van der Waals surface area contributed by atoms with Crippen molar-refractivity contribution >= 4 is 0 Å². The summed E-state index contributed by atoms with van der Waals surface area (Å²) in [7, 11) is 0. The predicted octanol–water partition coefficient (Wildman–Crippen LogP) is 5.95. The van der Waals surface area contributed by atoms with Crippen molar-refractivity contribution in [2.24, 2.45) is 11.8 Å². The van der Waals surface area contributed by atoms with E-state index in [1.807, 2.05) is 0 Å². The van der Waals surface area contributed by atoms with E-state index in [-0.39, 0.29) is 0 Å². The Bertz CT molecular complexity index is 589. The summed E-state index contributed by atoms with van der Waals surface area (Å²) in [5.74, 6) is 1.86. The number of hydrogen-bond donors (Lipinski definition) is 0. The lowest BCUT2D eigenvalue weighted by molar-refractivity contribution is 0.288. The van der Waals surface area contributed by atoms with Crippen molar-refractivity contribution in [1.29, 1.82) is 0 Å². The first-order chi connectivity index (χ1) is 10.7. The van der Waals surface area contributed by atoms with Gasteiger partial charge in [-0.2, -0.15) is 0 Å². The molecule has 1 saturated carbocycles. The number of aryl methyl sites for hydroxylation is 1. The fraction of sp³-hybridized carbons (Fsp3) is 0.455. The summed E-state index contributed by atoms with van der Waals surface area (Å²) in [6.07, 6.45) is 8.03. The Hall–Kier alpha value is -1.56. The van der Waals surface area contributed by atoms with Crippen LogP contribution in [0.2, 0.25) is 0 Å². The maximum atomic E-state index is 2.40. The molecule has 0 radical (unpaired) electrons. The first kappa shape index (κ1) is 15.3. The Balaban J connectivity index is 1.64. The zero-order valence-corrected chi connectivity index (χ0v) is 14.0. The normalized spacial score (nSPS) is 21.7. The molecule has 2 aromatic carbocycles. The summed E-state index contributed by atoms with van der Waals surface area (Å²) in [5.41, 5.74) is 5.88. The van der Waals surface area contributed by atoms with Crippen LogP contribution in [0, 0.1) is 18.8 Å². The maximum Gasteiger partial charge on any atom is -0.00257 e. The van der Waals surface area contributed by atoms with Gasteiger partial charge >= 0.3 is 0 Å². The quantitative estimate of drug-likeness (QED) is 0.652. The third-order valence-corrected chi connectivity index (χ3v) is 5.30. The topological polar surface area (TPSA) is 0 Å². The van der Waals surface area contributed by atoms with Crippen LogP contribution in [0.15, 0.2) is 48.5 Å². The van der Waals surface area contributed by atoms with E-state index in [1.54, 1.807) is 5.56 Å². The van der Waals surface area contributed by atoms with Crippen LogP contribution in [0.25, 0.3) is 0 Å². The van der Waals surface area contributed by atoms with Crippen LogP contribution in [-0.2, 0) is 12.8 Å². The van der Waals surface area contributed by atoms with Crippen molar-refractivity contribution in [3.8, 4) is 0 Å². The van der Waals surface area contributed by atoms with Crippen LogP contribution in [0.4, 0.5) is 0 Å². The number of hydrogen-bond acceptors (Lipinski definition) is 0. The van der Waals surface area contributed by atoms with Crippen molar-refractivity contribution in [3.05, 3.63) is 70.8 Å². The molecule has 1 aliphatic rings. The molecule has 1 fully saturated rings. The zero-order valence-electron chi connectivity index (χ0n) is 14.0. The summed E-state index contributed by atoms with van der Waals surface area (Å²) in [4.78, 5) is 0. The van der Waals surface area contributed by atoms with Gasteiger partial charge in [0.25, 0.3) is 0 Å². The van der Waals surface area contributed by atoms with Gasteiger partial charge < -0.3 is 0 Å².